The molecule has 3 fully saturated rings. The zero-order valence-corrected chi connectivity index (χ0v) is 18.0. The minimum absolute atomic E-state index is 0.0305. The zero-order valence-electron chi connectivity index (χ0n) is 18.0. The maximum Gasteiger partial charge on any atom is 0.246 e. The summed E-state index contributed by atoms with van der Waals surface area (Å²) in [5, 5.41) is 3.41. The van der Waals surface area contributed by atoms with Crippen LogP contribution < -0.4 is 5.32 Å². The van der Waals surface area contributed by atoms with E-state index in [4.69, 9.17) is 0 Å². The van der Waals surface area contributed by atoms with Crippen LogP contribution in [0.5, 0.6) is 0 Å². The van der Waals surface area contributed by atoms with Gasteiger partial charge >= 0.3 is 0 Å². The van der Waals surface area contributed by atoms with Crippen molar-refractivity contribution in [1.29, 1.82) is 0 Å². The Kier molecular flexibility index (Phi) is 5.30. The Morgan fingerprint density at radius 1 is 1.07 bits per heavy atom. The predicted octanol–water partition coefficient (Wildman–Crippen LogP) is 4.27. The number of rotatable bonds is 4. The molecule has 1 heterocycles. The lowest BCUT2D eigenvalue weighted by molar-refractivity contribution is -0.133. The summed E-state index contributed by atoms with van der Waals surface area (Å²) < 4.78 is 0. The highest BCUT2D eigenvalue weighted by atomic mass is 16.2. The quantitative estimate of drug-likeness (QED) is 0.776. The Balaban J connectivity index is 1.28. The van der Waals surface area contributed by atoms with Gasteiger partial charge in [0.25, 0.3) is 0 Å². The van der Waals surface area contributed by atoms with Crippen LogP contribution in [0.3, 0.4) is 0 Å². The monoisotopic (exact) mass is 394 g/mol. The number of carbonyl (C=O) groups is 2. The lowest BCUT2D eigenvalue weighted by Crippen LogP contribution is -2.50. The van der Waals surface area contributed by atoms with Gasteiger partial charge in [-0.1, -0.05) is 51.1 Å². The summed E-state index contributed by atoms with van der Waals surface area (Å²) in [7, 11) is 0. The SMILES string of the molecule is CC1(C)C2CCC1(C)C(NC(=O)C1CCN(C(=O)/C=C/c3ccccc3)CC1)C2. The zero-order chi connectivity index (χ0) is 20.6. The van der Waals surface area contributed by atoms with E-state index < -0.39 is 0 Å². The smallest absolute Gasteiger partial charge is 0.246 e. The molecule has 1 aliphatic heterocycles. The fraction of sp³-hybridized carbons (Fsp3) is 0.600. The van der Waals surface area contributed by atoms with E-state index in [1.807, 2.05) is 41.3 Å². The van der Waals surface area contributed by atoms with Crippen molar-refractivity contribution in [1.82, 2.24) is 10.2 Å². The molecule has 0 spiro atoms. The van der Waals surface area contributed by atoms with Crippen LogP contribution in [0.25, 0.3) is 6.08 Å². The molecule has 3 atom stereocenters. The summed E-state index contributed by atoms with van der Waals surface area (Å²) in [6.45, 7) is 8.44. The van der Waals surface area contributed by atoms with E-state index in [-0.39, 0.29) is 23.1 Å². The number of piperidine rings is 1. The van der Waals surface area contributed by atoms with Crippen LogP contribution in [0.4, 0.5) is 0 Å². The molecule has 1 saturated heterocycles. The van der Waals surface area contributed by atoms with Crippen molar-refractivity contribution in [2.45, 2.75) is 58.9 Å². The maximum absolute atomic E-state index is 12.9. The van der Waals surface area contributed by atoms with Crippen LogP contribution in [-0.2, 0) is 9.59 Å². The fourth-order valence-electron chi connectivity index (χ4n) is 5.91. The summed E-state index contributed by atoms with van der Waals surface area (Å²) in [6.07, 6.45) is 8.66. The third-order valence-electron chi connectivity index (χ3n) is 8.51. The first kappa shape index (κ1) is 20.2. The van der Waals surface area contributed by atoms with Crippen LogP contribution in [0.15, 0.2) is 36.4 Å². The molecule has 2 bridgehead atoms. The number of hydrogen-bond acceptors (Lipinski definition) is 2. The molecule has 0 radical (unpaired) electrons. The third-order valence-corrected chi connectivity index (χ3v) is 8.51. The average Bonchev–Trinajstić information content (AvgIpc) is 3.06. The summed E-state index contributed by atoms with van der Waals surface area (Å²) in [4.78, 5) is 27.3. The molecule has 2 aliphatic carbocycles. The summed E-state index contributed by atoms with van der Waals surface area (Å²) in [6, 6.07) is 10.2. The Labute approximate surface area is 174 Å². The van der Waals surface area contributed by atoms with Gasteiger partial charge in [0.2, 0.25) is 11.8 Å². The van der Waals surface area contributed by atoms with E-state index >= 15 is 0 Å². The van der Waals surface area contributed by atoms with Crippen LogP contribution in [0.1, 0.15) is 58.4 Å². The second-order valence-electron chi connectivity index (χ2n) is 10.0. The van der Waals surface area contributed by atoms with E-state index in [9.17, 15) is 9.59 Å². The third kappa shape index (κ3) is 3.62. The molecule has 2 saturated carbocycles. The molecule has 4 heteroatoms. The van der Waals surface area contributed by atoms with Crippen molar-refractivity contribution in [3.63, 3.8) is 0 Å². The predicted molar refractivity (Wildman–Crippen MR) is 116 cm³/mol. The first-order valence-electron chi connectivity index (χ1n) is 11.1. The van der Waals surface area contributed by atoms with Crippen LogP contribution >= 0.6 is 0 Å². The topological polar surface area (TPSA) is 49.4 Å². The van der Waals surface area contributed by atoms with Gasteiger partial charge in [-0.2, -0.15) is 0 Å². The standard InChI is InChI=1S/C25H34N2O2/c1-24(2)20-11-14-25(24,3)21(17-20)26-23(29)19-12-15-27(16-13-19)22(28)10-9-18-7-5-4-6-8-18/h4-10,19-21H,11-17H2,1-3H3,(H,26,29)/b10-9+. The van der Waals surface area contributed by atoms with E-state index in [1.54, 1.807) is 6.08 Å². The number of benzene rings is 1. The first-order chi connectivity index (χ1) is 13.8. The first-order valence-corrected chi connectivity index (χ1v) is 11.1. The van der Waals surface area contributed by atoms with Gasteiger partial charge in [0.05, 0.1) is 0 Å². The molecule has 29 heavy (non-hydrogen) atoms. The van der Waals surface area contributed by atoms with Crippen molar-refractivity contribution in [2.75, 3.05) is 13.1 Å². The summed E-state index contributed by atoms with van der Waals surface area (Å²) in [5.41, 5.74) is 1.55. The van der Waals surface area contributed by atoms with Crippen molar-refractivity contribution < 1.29 is 9.59 Å². The van der Waals surface area contributed by atoms with Crippen molar-refractivity contribution in [3.05, 3.63) is 42.0 Å². The fourth-order valence-corrected chi connectivity index (χ4v) is 5.91. The van der Waals surface area contributed by atoms with E-state index in [0.717, 1.165) is 30.7 Å². The molecular formula is C25H34N2O2. The minimum Gasteiger partial charge on any atom is -0.353 e. The van der Waals surface area contributed by atoms with Crippen LogP contribution in [-0.4, -0.2) is 35.8 Å². The molecule has 156 valence electrons. The maximum atomic E-state index is 12.9. The molecule has 2 amide bonds. The highest BCUT2D eigenvalue weighted by Gasteiger charge is 2.61. The summed E-state index contributed by atoms with van der Waals surface area (Å²) >= 11 is 0. The lowest BCUT2D eigenvalue weighted by Gasteiger charge is -2.40. The molecule has 4 nitrogen and oxygen atoms in total. The average molecular weight is 395 g/mol. The van der Waals surface area contributed by atoms with Crippen LogP contribution in [0, 0.1) is 22.7 Å². The number of amides is 2. The molecule has 1 N–H and O–H groups in total. The Morgan fingerprint density at radius 2 is 1.76 bits per heavy atom. The number of carbonyl (C=O) groups excluding carboxylic acids is 2. The van der Waals surface area contributed by atoms with Crippen LogP contribution in [0.2, 0.25) is 0 Å². The molecule has 1 aromatic rings. The molecule has 1 aromatic carbocycles. The second-order valence-corrected chi connectivity index (χ2v) is 10.0. The molecule has 4 rings (SSSR count). The molecular weight excluding hydrogens is 360 g/mol. The van der Waals surface area contributed by atoms with Crippen molar-refractivity contribution in [3.8, 4) is 0 Å². The Morgan fingerprint density at radius 3 is 2.34 bits per heavy atom. The van der Waals surface area contributed by atoms with Gasteiger partial charge in [-0.15, -0.1) is 0 Å². The highest BCUT2D eigenvalue weighted by molar-refractivity contribution is 5.92. The molecule has 0 aromatic heterocycles. The molecule has 3 unspecified atom stereocenters. The normalized spacial score (nSPS) is 31.3. The highest BCUT2D eigenvalue weighted by Crippen LogP contribution is 2.65. The number of hydrogen-bond donors (Lipinski definition) is 1. The number of fused-ring (bicyclic) bond motifs is 2. The van der Waals surface area contributed by atoms with E-state index in [1.165, 1.54) is 12.8 Å². The number of nitrogens with one attached hydrogen (secondary N) is 1. The van der Waals surface area contributed by atoms with Gasteiger partial charge in [0.1, 0.15) is 0 Å². The Hall–Kier alpha value is -2.10. The van der Waals surface area contributed by atoms with Gasteiger partial charge in [0, 0.05) is 31.1 Å². The van der Waals surface area contributed by atoms with E-state index in [2.05, 4.69) is 26.1 Å². The van der Waals surface area contributed by atoms with Crippen molar-refractivity contribution in [2.24, 2.45) is 22.7 Å². The van der Waals surface area contributed by atoms with Gasteiger partial charge < -0.3 is 10.2 Å². The second kappa shape index (κ2) is 7.62. The molecule has 3 aliphatic rings. The largest absolute Gasteiger partial charge is 0.353 e. The van der Waals surface area contributed by atoms with Gasteiger partial charge in [0.15, 0.2) is 0 Å². The lowest BCUT2D eigenvalue weighted by atomic mass is 9.69. The summed E-state index contributed by atoms with van der Waals surface area (Å²) in [5.74, 6) is 0.998. The van der Waals surface area contributed by atoms with Crippen molar-refractivity contribution >= 4 is 17.9 Å². The van der Waals surface area contributed by atoms with Gasteiger partial charge in [-0.05, 0) is 60.5 Å². The number of likely N-dealkylation sites (tertiary alicyclic amines) is 1. The minimum atomic E-state index is 0.0305. The van der Waals surface area contributed by atoms with Gasteiger partial charge in [-0.3, -0.25) is 9.59 Å². The Bertz CT molecular complexity index is 792. The number of nitrogens with zero attached hydrogens (tertiary/aromatic N) is 1. The van der Waals surface area contributed by atoms with E-state index in [0.29, 0.717) is 24.5 Å². The van der Waals surface area contributed by atoms with Gasteiger partial charge in [-0.25, -0.2) is 0 Å².